The van der Waals surface area contributed by atoms with Gasteiger partial charge in [-0.15, -0.1) is 0 Å². The van der Waals surface area contributed by atoms with E-state index in [9.17, 15) is 30.3 Å². The van der Waals surface area contributed by atoms with Crippen LogP contribution in [0.2, 0.25) is 0 Å². The molecule has 0 aromatic carbocycles. The van der Waals surface area contributed by atoms with Gasteiger partial charge in [0, 0.05) is 6.42 Å². The maximum Gasteiger partial charge on any atom is 0.220 e. The Balaban J connectivity index is 2.22. The van der Waals surface area contributed by atoms with Crippen molar-refractivity contribution in [1.82, 2.24) is 5.32 Å². The molecule has 0 bridgehead atoms. The molecule has 0 radical (unpaired) electrons. The van der Waals surface area contributed by atoms with Crippen molar-refractivity contribution in [3.63, 3.8) is 0 Å². The molecule has 9 heteroatoms. The molecule has 1 fully saturated rings. The van der Waals surface area contributed by atoms with Crippen LogP contribution in [0.1, 0.15) is 271 Å². The Morgan fingerprint density at radius 3 is 1.32 bits per heavy atom. The van der Waals surface area contributed by atoms with E-state index in [4.69, 9.17) is 9.47 Å². The lowest BCUT2D eigenvalue weighted by atomic mass is 9.99. The third kappa shape index (κ3) is 36.3. The first-order valence-electron chi connectivity index (χ1n) is 28.0. The zero-order chi connectivity index (χ0) is 47.3. The Morgan fingerprint density at radius 1 is 0.523 bits per heavy atom. The van der Waals surface area contributed by atoms with Gasteiger partial charge in [0.2, 0.25) is 5.91 Å². The van der Waals surface area contributed by atoms with Gasteiger partial charge >= 0.3 is 0 Å². The second-order valence-electron chi connectivity index (χ2n) is 19.7. The average molecular weight is 922 g/mol. The smallest absolute Gasteiger partial charge is 0.220 e. The second kappa shape index (κ2) is 46.4. The number of carbonyl (C=O) groups excluding carboxylic acids is 1. The molecule has 1 aliphatic heterocycles. The third-order valence-electron chi connectivity index (χ3n) is 13.6. The fourth-order valence-electron chi connectivity index (χ4n) is 9.08. The van der Waals surface area contributed by atoms with Crippen LogP contribution in [0, 0.1) is 0 Å². The van der Waals surface area contributed by atoms with Crippen LogP contribution in [0.15, 0.2) is 24.3 Å². The molecule has 0 aromatic heterocycles. The van der Waals surface area contributed by atoms with Crippen molar-refractivity contribution < 1.29 is 39.8 Å². The summed E-state index contributed by atoms with van der Waals surface area (Å²) in [6.45, 7) is 3.86. The van der Waals surface area contributed by atoms with Crippen LogP contribution in [0.4, 0.5) is 0 Å². The van der Waals surface area contributed by atoms with Gasteiger partial charge in [0.25, 0.3) is 0 Å². The van der Waals surface area contributed by atoms with E-state index in [1.807, 2.05) is 0 Å². The molecule has 7 unspecified atom stereocenters. The van der Waals surface area contributed by atoms with Gasteiger partial charge in [-0.05, 0) is 44.9 Å². The average Bonchev–Trinajstić information content (AvgIpc) is 3.31. The highest BCUT2D eigenvalue weighted by Gasteiger charge is 2.44. The number of amides is 1. The number of ether oxygens (including phenoxy) is 2. The van der Waals surface area contributed by atoms with E-state index >= 15 is 0 Å². The Bertz CT molecular complexity index is 1070. The summed E-state index contributed by atoms with van der Waals surface area (Å²) < 4.78 is 11.3. The molecule has 0 aliphatic carbocycles. The van der Waals surface area contributed by atoms with Gasteiger partial charge in [-0.25, -0.2) is 0 Å². The topological polar surface area (TPSA) is 149 Å². The molecule has 65 heavy (non-hydrogen) atoms. The summed E-state index contributed by atoms with van der Waals surface area (Å²) in [7, 11) is 0. The summed E-state index contributed by atoms with van der Waals surface area (Å²) in [6, 6.07) is -0.720. The summed E-state index contributed by atoms with van der Waals surface area (Å²) in [4.78, 5) is 13.1. The van der Waals surface area contributed by atoms with E-state index in [1.165, 1.54) is 199 Å². The van der Waals surface area contributed by atoms with E-state index in [2.05, 4.69) is 43.5 Å². The van der Waals surface area contributed by atoms with Crippen LogP contribution in [0.3, 0.4) is 0 Å². The highest BCUT2D eigenvalue weighted by Crippen LogP contribution is 2.23. The number of carbonyl (C=O) groups is 1. The van der Waals surface area contributed by atoms with Crippen molar-refractivity contribution in [2.45, 2.75) is 314 Å². The zero-order valence-electron chi connectivity index (χ0n) is 42.5. The highest BCUT2D eigenvalue weighted by atomic mass is 16.7. The van der Waals surface area contributed by atoms with Crippen molar-refractivity contribution in [2.24, 2.45) is 0 Å². The maximum absolute atomic E-state index is 13.1. The molecular formula is C56H107NO8. The minimum atomic E-state index is -1.55. The fraction of sp³-hybridized carbons (Fsp3) is 0.911. The van der Waals surface area contributed by atoms with Crippen LogP contribution in [0.5, 0.6) is 0 Å². The minimum absolute atomic E-state index is 0.137. The molecule has 1 amide bonds. The standard InChI is InChI=1S/C56H107NO8/c1-3-5-7-9-11-13-15-17-19-21-22-23-24-25-26-27-28-30-32-34-36-38-40-42-44-46-52(60)57-49(48-64-56-55(63)54(62)53(61)51(47-58)65-56)50(59)45-43-41-39-37-35-33-31-29-20-18-16-14-12-10-8-6-4-2/h22-23,25-26,49-51,53-56,58-59,61-63H,3-21,24,27-48H2,1-2H3,(H,57,60)/b23-22-,26-25-. The van der Waals surface area contributed by atoms with Gasteiger partial charge in [0.1, 0.15) is 24.4 Å². The number of hydrogen-bond acceptors (Lipinski definition) is 8. The summed E-state index contributed by atoms with van der Waals surface area (Å²) in [5.41, 5.74) is 0. The largest absolute Gasteiger partial charge is 0.394 e. The summed E-state index contributed by atoms with van der Waals surface area (Å²) in [6.07, 6.45) is 50.5. The molecule has 1 aliphatic rings. The third-order valence-corrected chi connectivity index (χ3v) is 13.6. The summed E-state index contributed by atoms with van der Waals surface area (Å²) in [5.74, 6) is -0.145. The second-order valence-corrected chi connectivity index (χ2v) is 19.7. The molecule has 384 valence electrons. The van der Waals surface area contributed by atoms with Crippen molar-refractivity contribution in [1.29, 1.82) is 0 Å². The molecule has 1 saturated heterocycles. The van der Waals surface area contributed by atoms with E-state index in [0.717, 1.165) is 44.9 Å². The molecular weight excluding hydrogens is 815 g/mol. The quantitative estimate of drug-likeness (QED) is 0.0261. The fourth-order valence-corrected chi connectivity index (χ4v) is 9.08. The molecule has 9 nitrogen and oxygen atoms in total. The number of hydrogen-bond donors (Lipinski definition) is 6. The van der Waals surface area contributed by atoms with Crippen LogP contribution in [0.25, 0.3) is 0 Å². The number of rotatable bonds is 48. The Kier molecular flexibility index (Phi) is 44.0. The molecule has 0 saturated carbocycles. The van der Waals surface area contributed by atoms with E-state index in [1.54, 1.807) is 0 Å². The Morgan fingerprint density at radius 2 is 0.908 bits per heavy atom. The lowest BCUT2D eigenvalue weighted by Gasteiger charge is -2.40. The first-order chi connectivity index (χ1) is 31.8. The van der Waals surface area contributed by atoms with Crippen LogP contribution in [-0.4, -0.2) is 87.5 Å². The number of unbranched alkanes of at least 4 members (excludes halogenated alkanes) is 34. The zero-order valence-corrected chi connectivity index (χ0v) is 42.5. The van der Waals surface area contributed by atoms with Crippen molar-refractivity contribution in [2.75, 3.05) is 13.2 Å². The SMILES string of the molecule is CCCCCCCCCCC/C=C\C/C=C\CCCCCCCCCCCC(=O)NC(COC1OC(CO)C(O)C(O)C1O)C(O)CCCCCCCCCCCCCCCCCCC. The minimum Gasteiger partial charge on any atom is -0.394 e. The van der Waals surface area contributed by atoms with Crippen LogP contribution in [-0.2, 0) is 14.3 Å². The molecule has 1 rings (SSSR count). The van der Waals surface area contributed by atoms with Gasteiger partial charge in [0.05, 0.1) is 25.4 Å². The van der Waals surface area contributed by atoms with E-state index in [0.29, 0.717) is 12.8 Å². The monoisotopic (exact) mass is 922 g/mol. The van der Waals surface area contributed by atoms with Crippen molar-refractivity contribution >= 4 is 5.91 Å². The summed E-state index contributed by atoms with van der Waals surface area (Å²) in [5, 5.41) is 54.6. The number of aliphatic hydroxyl groups excluding tert-OH is 5. The molecule has 1 heterocycles. The molecule has 7 atom stereocenters. The predicted molar refractivity (Wildman–Crippen MR) is 272 cm³/mol. The van der Waals surface area contributed by atoms with Gasteiger partial charge in [-0.3, -0.25) is 4.79 Å². The Hall–Kier alpha value is -1.33. The van der Waals surface area contributed by atoms with Gasteiger partial charge < -0.3 is 40.3 Å². The van der Waals surface area contributed by atoms with E-state index < -0.39 is 49.5 Å². The van der Waals surface area contributed by atoms with Gasteiger partial charge in [-0.1, -0.05) is 244 Å². The van der Waals surface area contributed by atoms with E-state index in [-0.39, 0.29) is 12.5 Å². The van der Waals surface area contributed by atoms with Crippen LogP contribution >= 0.6 is 0 Å². The van der Waals surface area contributed by atoms with Gasteiger partial charge in [0.15, 0.2) is 6.29 Å². The van der Waals surface area contributed by atoms with Crippen molar-refractivity contribution in [3.8, 4) is 0 Å². The highest BCUT2D eigenvalue weighted by molar-refractivity contribution is 5.76. The lowest BCUT2D eigenvalue weighted by Crippen LogP contribution is -2.60. The lowest BCUT2D eigenvalue weighted by molar-refractivity contribution is -0.302. The van der Waals surface area contributed by atoms with Crippen molar-refractivity contribution in [3.05, 3.63) is 24.3 Å². The number of aliphatic hydroxyl groups is 5. The Labute approximate surface area is 400 Å². The van der Waals surface area contributed by atoms with Gasteiger partial charge in [-0.2, -0.15) is 0 Å². The molecule has 6 N–H and O–H groups in total. The first kappa shape index (κ1) is 61.7. The number of nitrogens with one attached hydrogen (secondary N) is 1. The number of allylic oxidation sites excluding steroid dienone is 4. The maximum atomic E-state index is 13.1. The molecule has 0 spiro atoms. The predicted octanol–water partition coefficient (Wildman–Crippen LogP) is 13.4. The molecule has 0 aromatic rings. The van der Waals surface area contributed by atoms with Crippen LogP contribution < -0.4 is 5.32 Å². The summed E-state index contributed by atoms with van der Waals surface area (Å²) >= 11 is 0. The normalized spacial score (nSPS) is 20.0. The first-order valence-corrected chi connectivity index (χ1v) is 28.0.